The molecule has 1 amide bonds. The smallest absolute Gasteiger partial charge is 0.310 e. The van der Waals surface area contributed by atoms with Crippen LogP contribution >= 0.6 is 11.3 Å². The highest BCUT2D eigenvalue weighted by molar-refractivity contribution is 7.21. The number of ether oxygens (including phenoxy) is 1. The van der Waals surface area contributed by atoms with E-state index < -0.39 is 5.91 Å². The van der Waals surface area contributed by atoms with Crippen LogP contribution in [-0.4, -0.2) is 23.8 Å². The molecule has 0 spiro atoms. The normalized spacial score (nSPS) is 17.9. The van der Waals surface area contributed by atoms with Gasteiger partial charge in [-0.3, -0.25) is 4.79 Å². The summed E-state index contributed by atoms with van der Waals surface area (Å²) in [6, 6.07) is 11.2. The van der Waals surface area contributed by atoms with Crippen LogP contribution in [0, 0.1) is 0 Å². The average Bonchev–Trinajstić information content (AvgIpc) is 3.27. The predicted octanol–water partition coefficient (Wildman–Crippen LogP) is 3.74. The summed E-state index contributed by atoms with van der Waals surface area (Å²) in [5.41, 5.74) is 3.30. The van der Waals surface area contributed by atoms with Gasteiger partial charge in [-0.25, -0.2) is 15.3 Å². The Morgan fingerprint density at radius 3 is 3.00 bits per heavy atom. The van der Waals surface area contributed by atoms with Gasteiger partial charge in [0.25, 0.3) is 0 Å². The zero-order valence-corrected chi connectivity index (χ0v) is 13.7. The van der Waals surface area contributed by atoms with Crippen molar-refractivity contribution in [1.82, 2.24) is 10.5 Å². The standard InChI is InChI=1S/C17H16N2O4S/c20-16(19-23-15-7-3-4-10-21-15)12-8-9-13(22-12)17-18-11-5-1-2-6-14(11)24-17/h1-2,5-6,8-9,15H,3-4,7,10H2,(H,19,20). The number of hydroxylamine groups is 1. The molecule has 1 saturated heterocycles. The molecule has 1 aromatic carbocycles. The molecule has 0 aliphatic carbocycles. The number of hydrogen-bond donors (Lipinski definition) is 1. The van der Waals surface area contributed by atoms with Crippen LogP contribution < -0.4 is 5.48 Å². The van der Waals surface area contributed by atoms with E-state index in [0.29, 0.717) is 12.4 Å². The number of carbonyl (C=O) groups is 1. The van der Waals surface area contributed by atoms with Crippen LogP contribution in [0.4, 0.5) is 0 Å². The lowest BCUT2D eigenvalue weighted by Gasteiger charge is -2.21. The highest BCUT2D eigenvalue weighted by Gasteiger charge is 2.19. The number of nitrogens with zero attached hydrogens (tertiary/aromatic N) is 1. The lowest BCUT2D eigenvalue weighted by Crippen LogP contribution is -2.32. The third-order valence-electron chi connectivity index (χ3n) is 3.76. The topological polar surface area (TPSA) is 73.6 Å². The van der Waals surface area contributed by atoms with E-state index in [1.54, 1.807) is 12.1 Å². The first-order chi connectivity index (χ1) is 11.8. The molecule has 1 fully saturated rings. The Balaban J connectivity index is 1.44. The van der Waals surface area contributed by atoms with E-state index >= 15 is 0 Å². The first-order valence-electron chi connectivity index (χ1n) is 7.83. The minimum atomic E-state index is -0.434. The van der Waals surface area contributed by atoms with E-state index in [1.807, 2.05) is 24.3 Å². The quantitative estimate of drug-likeness (QED) is 0.730. The van der Waals surface area contributed by atoms with Gasteiger partial charge >= 0.3 is 5.91 Å². The molecule has 4 rings (SSSR count). The van der Waals surface area contributed by atoms with Crippen LogP contribution in [0.3, 0.4) is 0 Å². The molecular formula is C17H16N2O4S. The van der Waals surface area contributed by atoms with E-state index in [9.17, 15) is 4.79 Å². The monoisotopic (exact) mass is 344 g/mol. The van der Waals surface area contributed by atoms with Gasteiger partial charge in [-0.15, -0.1) is 11.3 Å². The van der Waals surface area contributed by atoms with Crippen LogP contribution in [0.1, 0.15) is 29.8 Å². The van der Waals surface area contributed by atoms with Crippen LogP contribution in [0.15, 0.2) is 40.8 Å². The number of fused-ring (bicyclic) bond motifs is 1. The number of nitrogens with one attached hydrogen (secondary N) is 1. The number of benzene rings is 1. The molecule has 1 aliphatic rings. The van der Waals surface area contributed by atoms with Gasteiger partial charge in [-0.2, -0.15) is 0 Å². The SMILES string of the molecule is O=C(NOC1CCCCO1)c1ccc(-c2nc3ccccc3s2)o1. The molecule has 1 atom stereocenters. The van der Waals surface area contributed by atoms with Gasteiger partial charge in [-0.05, 0) is 37.1 Å². The predicted molar refractivity (Wildman–Crippen MR) is 89.5 cm³/mol. The second kappa shape index (κ2) is 6.72. The Kier molecular flexibility index (Phi) is 4.29. The van der Waals surface area contributed by atoms with Gasteiger partial charge in [0.15, 0.2) is 22.8 Å². The van der Waals surface area contributed by atoms with Crippen LogP contribution in [0.5, 0.6) is 0 Å². The molecule has 24 heavy (non-hydrogen) atoms. The summed E-state index contributed by atoms with van der Waals surface area (Å²) in [7, 11) is 0. The summed E-state index contributed by atoms with van der Waals surface area (Å²) in [4.78, 5) is 21.9. The maximum atomic E-state index is 12.1. The Bertz CT molecular complexity index is 818. The fourth-order valence-corrected chi connectivity index (χ4v) is 3.45. The van der Waals surface area contributed by atoms with Crippen molar-refractivity contribution in [2.45, 2.75) is 25.6 Å². The second-order valence-corrected chi connectivity index (χ2v) is 6.53. The molecule has 3 aromatic rings. The van der Waals surface area contributed by atoms with Gasteiger partial charge in [0.05, 0.1) is 10.2 Å². The number of thiazole rings is 1. The van der Waals surface area contributed by atoms with Crippen molar-refractivity contribution in [2.24, 2.45) is 0 Å². The van der Waals surface area contributed by atoms with Crippen LogP contribution in [-0.2, 0) is 9.57 Å². The van der Waals surface area contributed by atoms with Gasteiger partial charge in [-0.1, -0.05) is 12.1 Å². The molecule has 2 aromatic heterocycles. The molecule has 1 aliphatic heterocycles. The van der Waals surface area contributed by atoms with Crippen LogP contribution in [0.2, 0.25) is 0 Å². The summed E-state index contributed by atoms with van der Waals surface area (Å²) in [5.74, 6) is 0.312. The zero-order chi connectivity index (χ0) is 16.4. The maximum Gasteiger partial charge on any atom is 0.310 e. The third-order valence-corrected chi connectivity index (χ3v) is 4.81. The van der Waals surface area contributed by atoms with E-state index in [2.05, 4.69) is 10.5 Å². The highest BCUT2D eigenvalue weighted by atomic mass is 32.1. The summed E-state index contributed by atoms with van der Waals surface area (Å²) in [6.07, 6.45) is 2.44. The van der Waals surface area contributed by atoms with Gasteiger partial charge in [0.1, 0.15) is 0 Å². The lowest BCUT2D eigenvalue weighted by atomic mass is 10.2. The van der Waals surface area contributed by atoms with Crippen LogP contribution in [0.25, 0.3) is 21.0 Å². The van der Waals surface area contributed by atoms with E-state index in [-0.39, 0.29) is 12.1 Å². The highest BCUT2D eigenvalue weighted by Crippen LogP contribution is 2.31. The number of para-hydroxylation sites is 1. The fourth-order valence-electron chi connectivity index (χ4n) is 2.53. The first-order valence-corrected chi connectivity index (χ1v) is 8.64. The molecule has 0 saturated carbocycles. The maximum absolute atomic E-state index is 12.1. The molecule has 1 N–H and O–H groups in total. The summed E-state index contributed by atoms with van der Waals surface area (Å²) >= 11 is 1.52. The van der Waals surface area contributed by atoms with E-state index in [4.69, 9.17) is 14.0 Å². The average molecular weight is 344 g/mol. The Labute approximate surface area is 142 Å². The number of carbonyl (C=O) groups excluding carboxylic acids is 1. The number of furan rings is 1. The third kappa shape index (κ3) is 3.19. The van der Waals surface area contributed by atoms with Crippen molar-refractivity contribution in [1.29, 1.82) is 0 Å². The molecule has 0 bridgehead atoms. The Hall–Kier alpha value is -2.22. The van der Waals surface area contributed by atoms with Crippen molar-refractivity contribution < 1.29 is 18.8 Å². The molecule has 3 heterocycles. The molecule has 7 heteroatoms. The van der Waals surface area contributed by atoms with Gasteiger partial charge < -0.3 is 9.15 Å². The molecule has 6 nitrogen and oxygen atoms in total. The Morgan fingerprint density at radius 2 is 2.17 bits per heavy atom. The summed E-state index contributed by atoms with van der Waals surface area (Å²) < 4.78 is 12.1. The van der Waals surface area contributed by atoms with Crippen molar-refractivity contribution in [3.8, 4) is 10.8 Å². The van der Waals surface area contributed by atoms with Crippen molar-refractivity contribution in [3.63, 3.8) is 0 Å². The molecular weight excluding hydrogens is 328 g/mol. The first kappa shape index (κ1) is 15.3. The minimum absolute atomic E-state index is 0.181. The van der Waals surface area contributed by atoms with Crippen molar-refractivity contribution in [2.75, 3.05) is 6.61 Å². The molecule has 0 radical (unpaired) electrons. The second-order valence-electron chi connectivity index (χ2n) is 5.50. The Morgan fingerprint density at radius 1 is 1.25 bits per heavy atom. The number of amides is 1. The number of hydrogen-bond acceptors (Lipinski definition) is 6. The van der Waals surface area contributed by atoms with E-state index in [1.165, 1.54) is 11.3 Å². The minimum Gasteiger partial charge on any atom is -0.448 e. The number of rotatable bonds is 4. The lowest BCUT2D eigenvalue weighted by molar-refractivity contribution is -0.187. The molecule has 1 unspecified atom stereocenters. The summed E-state index contributed by atoms with van der Waals surface area (Å²) in [6.45, 7) is 0.656. The molecule has 124 valence electrons. The fraction of sp³-hybridized carbons (Fsp3) is 0.294. The van der Waals surface area contributed by atoms with Gasteiger partial charge in [0.2, 0.25) is 0 Å². The van der Waals surface area contributed by atoms with E-state index in [0.717, 1.165) is 34.5 Å². The van der Waals surface area contributed by atoms with Gasteiger partial charge in [0, 0.05) is 13.0 Å². The van der Waals surface area contributed by atoms with Crippen molar-refractivity contribution in [3.05, 3.63) is 42.2 Å². The number of aromatic nitrogens is 1. The summed E-state index contributed by atoms with van der Waals surface area (Å²) in [5, 5.41) is 0.742. The largest absolute Gasteiger partial charge is 0.448 e. The zero-order valence-electron chi connectivity index (χ0n) is 12.9. The van der Waals surface area contributed by atoms with Crippen molar-refractivity contribution >= 4 is 27.5 Å².